The van der Waals surface area contributed by atoms with Gasteiger partial charge in [-0.3, -0.25) is 9.59 Å². The van der Waals surface area contributed by atoms with Gasteiger partial charge in [0.15, 0.2) is 5.78 Å². The summed E-state index contributed by atoms with van der Waals surface area (Å²) in [5.41, 5.74) is 5.09. The predicted molar refractivity (Wildman–Crippen MR) is 58.3 cm³/mol. The standard InChI is InChI=1S/C11H19NO3/c1-2-3-4-7-11(14)15-8-5-6-10(13)9-12/h5-6H,2-4,7-9,12H2,1H3. The first kappa shape index (κ1) is 13.8. The van der Waals surface area contributed by atoms with E-state index in [4.69, 9.17) is 10.5 Å². The number of unbranched alkanes of at least 4 members (excludes halogenated alkanes) is 2. The SMILES string of the molecule is CCCCCC(=O)OCC=CC(=O)CN. The van der Waals surface area contributed by atoms with Crippen LogP contribution in [-0.2, 0) is 14.3 Å². The van der Waals surface area contributed by atoms with Crippen LogP contribution in [0.1, 0.15) is 32.6 Å². The van der Waals surface area contributed by atoms with Crippen LogP contribution in [0.2, 0.25) is 0 Å². The van der Waals surface area contributed by atoms with E-state index in [-0.39, 0.29) is 24.9 Å². The van der Waals surface area contributed by atoms with Gasteiger partial charge in [-0.25, -0.2) is 0 Å². The first-order chi connectivity index (χ1) is 7.20. The molecule has 4 nitrogen and oxygen atoms in total. The fourth-order valence-electron chi connectivity index (χ4n) is 0.980. The molecule has 4 heteroatoms. The largest absolute Gasteiger partial charge is 0.461 e. The molecule has 0 amide bonds. The maximum Gasteiger partial charge on any atom is 0.306 e. The Bertz CT molecular complexity index is 224. The average molecular weight is 213 g/mol. The van der Waals surface area contributed by atoms with Crippen LogP contribution in [0.5, 0.6) is 0 Å². The Labute approximate surface area is 90.5 Å². The second kappa shape index (κ2) is 9.40. The molecule has 0 saturated heterocycles. The Morgan fingerprint density at radius 3 is 2.67 bits per heavy atom. The zero-order valence-corrected chi connectivity index (χ0v) is 9.20. The zero-order chi connectivity index (χ0) is 11.5. The van der Waals surface area contributed by atoms with Gasteiger partial charge in [0, 0.05) is 6.42 Å². The topological polar surface area (TPSA) is 69.4 Å². The van der Waals surface area contributed by atoms with Crippen molar-refractivity contribution in [2.75, 3.05) is 13.2 Å². The monoisotopic (exact) mass is 213 g/mol. The van der Waals surface area contributed by atoms with Crippen molar-refractivity contribution >= 4 is 11.8 Å². The van der Waals surface area contributed by atoms with E-state index in [0.29, 0.717) is 6.42 Å². The number of hydrogen-bond donors (Lipinski definition) is 1. The van der Waals surface area contributed by atoms with Crippen molar-refractivity contribution in [2.24, 2.45) is 5.73 Å². The van der Waals surface area contributed by atoms with Crippen LogP contribution in [-0.4, -0.2) is 24.9 Å². The lowest BCUT2D eigenvalue weighted by atomic mass is 10.2. The van der Waals surface area contributed by atoms with E-state index in [1.807, 2.05) is 0 Å². The fourth-order valence-corrected chi connectivity index (χ4v) is 0.980. The molecule has 0 atom stereocenters. The second-order valence-electron chi connectivity index (χ2n) is 3.21. The maximum absolute atomic E-state index is 11.1. The molecule has 0 fully saturated rings. The molecule has 0 unspecified atom stereocenters. The molecule has 86 valence electrons. The number of carbonyl (C=O) groups excluding carboxylic acids is 2. The normalized spacial score (nSPS) is 10.5. The summed E-state index contributed by atoms with van der Waals surface area (Å²) in [6.07, 6.45) is 6.27. The molecule has 0 rings (SSSR count). The van der Waals surface area contributed by atoms with Crippen LogP contribution in [0.4, 0.5) is 0 Å². The highest BCUT2D eigenvalue weighted by atomic mass is 16.5. The van der Waals surface area contributed by atoms with Gasteiger partial charge in [0.25, 0.3) is 0 Å². The zero-order valence-electron chi connectivity index (χ0n) is 9.20. The number of hydrogen-bond acceptors (Lipinski definition) is 4. The van der Waals surface area contributed by atoms with Crippen LogP contribution in [0, 0.1) is 0 Å². The predicted octanol–water partition coefficient (Wildman–Crippen LogP) is 1.19. The molecule has 0 aromatic heterocycles. The number of esters is 1. The minimum Gasteiger partial charge on any atom is -0.461 e. The van der Waals surface area contributed by atoms with Crippen molar-refractivity contribution in [2.45, 2.75) is 32.6 Å². The summed E-state index contributed by atoms with van der Waals surface area (Å²) in [6.45, 7) is 2.21. The molecular weight excluding hydrogens is 194 g/mol. The van der Waals surface area contributed by atoms with E-state index < -0.39 is 0 Å². The number of ether oxygens (including phenoxy) is 1. The van der Waals surface area contributed by atoms with E-state index in [1.54, 1.807) is 0 Å². The molecule has 0 heterocycles. The molecule has 0 aromatic rings. The molecule has 0 bridgehead atoms. The first-order valence-electron chi connectivity index (χ1n) is 5.25. The molecule has 0 aromatic carbocycles. The summed E-state index contributed by atoms with van der Waals surface area (Å²) in [5.74, 6) is -0.384. The lowest BCUT2D eigenvalue weighted by molar-refractivity contribution is -0.142. The molecule has 0 aliphatic rings. The van der Waals surface area contributed by atoms with Gasteiger partial charge in [0.05, 0.1) is 6.54 Å². The molecule has 0 spiro atoms. The highest BCUT2D eigenvalue weighted by Gasteiger charge is 2.00. The Hall–Kier alpha value is -1.16. The minimum atomic E-state index is -0.215. The van der Waals surface area contributed by atoms with Crippen LogP contribution in [0.3, 0.4) is 0 Å². The van der Waals surface area contributed by atoms with Gasteiger partial charge in [-0.05, 0) is 18.6 Å². The average Bonchev–Trinajstić information content (AvgIpc) is 2.24. The quantitative estimate of drug-likeness (QED) is 0.373. The molecular formula is C11H19NO3. The lowest BCUT2D eigenvalue weighted by Crippen LogP contribution is -2.10. The van der Waals surface area contributed by atoms with Crippen molar-refractivity contribution in [3.8, 4) is 0 Å². The van der Waals surface area contributed by atoms with Gasteiger partial charge in [-0.2, -0.15) is 0 Å². The van der Waals surface area contributed by atoms with Gasteiger partial charge in [-0.1, -0.05) is 19.8 Å². The maximum atomic E-state index is 11.1. The molecule has 0 aliphatic heterocycles. The van der Waals surface area contributed by atoms with Crippen LogP contribution in [0.15, 0.2) is 12.2 Å². The Kier molecular flexibility index (Phi) is 8.67. The minimum absolute atomic E-state index is 0.0129. The highest BCUT2D eigenvalue weighted by molar-refractivity contribution is 5.91. The van der Waals surface area contributed by atoms with E-state index in [9.17, 15) is 9.59 Å². The Morgan fingerprint density at radius 2 is 2.07 bits per heavy atom. The number of ketones is 1. The molecule has 0 aliphatic carbocycles. The molecule has 0 saturated carbocycles. The Balaban J connectivity index is 3.46. The molecule has 2 N–H and O–H groups in total. The van der Waals surface area contributed by atoms with Gasteiger partial charge in [-0.15, -0.1) is 0 Å². The third-order valence-corrected chi connectivity index (χ3v) is 1.83. The summed E-state index contributed by atoms with van der Waals surface area (Å²) in [6, 6.07) is 0. The van der Waals surface area contributed by atoms with Crippen molar-refractivity contribution in [1.29, 1.82) is 0 Å². The van der Waals surface area contributed by atoms with E-state index in [0.717, 1.165) is 19.3 Å². The summed E-state index contributed by atoms with van der Waals surface area (Å²) in [5, 5.41) is 0. The van der Waals surface area contributed by atoms with Crippen molar-refractivity contribution in [3.63, 3.8) is 0 Å². The summed E-state index contributed by atoms with van der Waals surface area (Å²) < 4.78 is 4.86. The summed E-state index contributed by atoms with van der Waals surface area (Å²) in [7, 11) is 0. The fraction of sp³-hybridized carbons (Fsp3) is 0.636. The smallest absolute Gasteiger partial charge is 0.306 e. The summed E-state index contributed by atoms with van der Waals surface area (Å²) in [4.78, 5) is 21.8. The second-order valence-corrected chi connectivity index (χ2v) is 3.21. The van der Waals surface area contributed by atoms with Crippen LogP contribution < -0.4 is 5.73 Å². The summed E-state index contributed by atoms with van der Waals surface area (Å²) >= 11 is 0. The molecule has 0 radical (unpaired) electrons. The van der Waals surface area contributed by atoms with E-state index >= 15 is 0 Å². The number of rotatable bonds is 8. The van der Waals surface area contributed by atoms with Gasteiger partial charge < -0.3 is 10.5 Å². The van der Waals surface area contributed by atoms with Crippen molar-refractivity contribution in [3.05, 3.63) is 12.2 Å². The van der Waals surface area contributed by atoms with Crippen LogP contribution in [0.25, 0.3) is 0 Å². The van der Waals surface area contributed by atoms with Crippen molar-refractivity contribution in [1.82, 2.24) is 0 Å². The van der Waals surface area contributed by atoms with E-state index in [2.05, 4.69) is 6.92 Å². The Morgan fingerprint density at radius 1 is 1.33 bits per heavy atom. The number of carbonyl (C=O) groups is 2. The van der Waals surface area contributed by atoms with Gasteiger partial charge in [0.1, 0.15) is 6.61 Å². The first-order valence-corrected chi connectivity index (χ1v) is 5.25. The van der Waals surface area contributed by atoms with Crippen molar-refractivity contribution < 1.29 is 14.3 Å². The van der Waals surface area contributed by atoms with E-state index in [1.165, 1.54) is 12.2 Å². The number of nitrogens with two attached hydrogens (primary N) is 1. The highest BCUT2D eigenvalue weighted by Crippen LogP contribution is 2.00. The third kappa shape index (κ3) is 9.15. The van der Waals surface area contributed by atoms with Gasteiger partial charge in [0.2, 0.25) is 0 Å². The molecule has 15 heavy (non-hydrogen) atoms. The van der Waals surface area contributed by atoms with Crippen LogP contribution >= 0.6 is 0 Å². The van der Waals surface area contributed by atoms with Gasteiger partial charge >= 0.3 is 5.97 Å². The lowest BCUT2D eigenvalue weighted by Gasteiger charge is -2.00. The third-order valence-electron chi connectivity index (χ3n) is 1.83.